The van der Waals surface area contributed by atoms with Crippen LogP contribution < -0.4 is 5.32 Å². The van der Waals surface area contributed by atoms with Crippen LogP contribution in [-0.4, -0.2) is 31.7 Å². The molecule has 0 amide bonds. The van der Waals surface area contributed by atoms with E-state index in [2.05, 4.69) is 19.2 Å². The zero-order valence-electron chi connectivity index (χ0n) is 6.86. The summed E-state index contributed by atoms with van der Waals surface area (Å²) in [7, 11) is 1.68. The first-order valence-electron chi connectivity index (χ1n) is 3.51. The van der Waals surface area contributed by atoms with Gasteiger partial charge in [0.05, 0.1) is 6.61 Å². The highest BCUT2D eigenvalue weighted by molar-refractivity contribution is 6.18. The summed E-state index contributed by atoms with van der Waals surface area (Å²) in [6.45, 7) is 4.87. The fraction of sp³-hybridized carbons (Fsp3) is 1.00. The number of hydrogen-bond acceptors (Lipinski definition) is 2. The van der Waals surface area contributed by atoms with Crippen LogP contribution in [0, 0.1) is 0 Å². The molecule has 0 saturated carbocycles. The Hall–Kier alpha value is 0.210. The van der Waals surface area contributed by atoms with Crippen LogP contribution in [0.1, 0.15) is 13.8 Å². The molecule has 0 aromatic rings. The van der Waals surface area contributed by atoms with E-state index >= 15 is 0 Å². The highest BCUT2D eigenvalue weighted by atomic mass is 35.5. The molecule has 0 radical (unpaired) electrons. The van der Waals surface area contributed by atoms with Crippen molar-refractivity contribution in [1.29, 1.82) is 0 Å². The number of rotatable bonds is 5. The lowest BCUT2D eigenvalue weighted by molar-refractivity contribution is 0.170. The predicted molar refractivity (Wildman–Crippen MR) is 44.7 cm³/mol. The first-order valence-corrected chi connectivity index (χ1v) is 4.05. The summed E-state index contributed by atoms with van der Waals surface area (Å²) < 4.78 is 4.95. The maximum Gasteiger partial charge on any atom is 0.0627 e. The highest BCUT2D eigenvalue weighted by Gasteiger charge is 2.06. The van der Waals surface area contributed by atoms with Crippen molar-refractivity contribution in [2.24, 2.45) is 0 Å². The van der Waals surface area contributed by atoms with Gasteiger partial charge >= 0.3 is 0 Å². The molecule has 1 N–H and O–H groups in total. The predicted octanol–water partition coefficient (Wildman–Crippen LogP) is 1.24. The topological polar surface area (TPSA) is 21.3 Å². The van der Waals surface area contributed by atoms with E-state index in [1.807, 2.05) is 0 Å². The summed E-state index contributed by atoms with van der Waals surface area (Å²) in [5.74, 6) is 0.603. The average molecular weight is 166 g/mol. The molecule has 0 spiro atoms. The second-order valence-corrected chi connectivity index (χ2v) is 2.94. The monoisotopic (exact) mass is 165 g/mol. The molecule has 1 atom stereocenters. The van der Waals surface area contributed by atoms with Crippen LogP contribution in [0.4, 0.5) is 0 Å². The molecule has 0 saturated heterocycles. The van der Waals surface area contributed by atoms with Crippen LogP contribution in [0.3, 0.4) is 0 Å². The first kappa shape index (κ1) is 10.2. The molecule has 10 heavy (non-hydrogen) atoms. The fourth-order valence-corrected chi connectivity index (χ4v) is 0.988. The third kappa shape index (κ3) is 5.03. The normalized spacial score (nSPS) is 14.1. The molecule has 0 heterocycles. The summed E-state index contributed by atoms with van der Waals surface area (Å²) >= 11 is 5.65. The van der Waals surface area contributed by atoms with E-state index in [1.54, 1.807) is 7.11 Å². The maximum absolute atomic E-state index is 5.65. The van der Waals surface area contributed by atoms with Gasteiger partial charge in [0.2, 0.25) is 0 Å². The number of alkyl halides is 1. The van der Waals surface area contributed by atoms with E-state index in [-0.39, 0.29) is 6.04 Å². The molecule has 0 bridgehead atoms. The van der Waals surface area contributed by atoms with Crippen LogP contribution in [0.2, 0.25) is 0 Å². The van der Waals surface area contributed by atoms with E-state index < -0.39 is 0 Å². The Morgan fingerprint density at radius 3 is 2.40 bits per heavy atom. The Morgan fingerprint density at radius 1 is 1.50 bits per heavy atom. The van der Waals surface area contributed by atoms with Gasteiger partial charge in [-0.05, 0) is 0 Å². The van der Waals surface area contributed by atoms with E-state index in [4.69, 9.17) is 16.3 Å². The third-order valence-electron chi connectivity index (χ3n) is 1.12. The standard InChI is InChI=1S/C7H16ClNO/c1-6(2)9-7(4-8)5-10-3/h6-7,9H,4-5H2,1-3H3. The number of methoxy groups -OCH3 is 1. The number of halogens is 1. The minimum Gasteiger partial charge on any atom is -0.383 e. The van der Waals surface area contributed by atoms with Crippen LogP contribution in [0.25, 0.3) is 0 Å². The second kappa shape index (κ2) is 5.96. The lowest BCUT2D eigenvalue weighted by Gasteiger charge is -2.17. The van der Waals surface area contributed by atoms with Crippen LogP contribution in [0.5, 0.6) is 0 Å². The van der Waals surface area contributed by atoms with Crippen molar-refractivity contribution in [3.8, 4) is 0 Å². The molecule has 2 nitrogen and oxygen atoms in total. The largest absolute Gasteiger partial charge is 0.383 e. The van der Waals surface area contributed by atoms with Gasteiger partial charge in [-0.3, -0.25) is 0 Å². The molecular formula is C7H16ClNO. The van der Waals surface area contributed by atoms with E-state index in [0.717, 1.165) is 0 Å². The van der Waals surface area contributed by atoms with Gasteiger partial charge in [0.1, 0.15) is 0 Å². The fourth-order valence-electron chi connectivity index (χ4n) is 0.810. The summed E-state index contributed by atoms with van der Waals surface area (Å²) in [5.41, 5.74) is 0. The Morgan fingerprint density at radius 2 is 2.10 bits per heavy atom. The third-order valence-corrected chi connectivity index (χ3v) is 1.50. The van der Waals surface area contributed by atoms with Crippen molar-refractivity contribution < 1.29 is 4.74 Å². The van der Waals surface area contributed by atoms with E-state index in [1.165, 1.54) is 0 Å². The van der Waals surface area contributed by atoms with E-state index in [9.17, 15) is 0 Å². The van der Waals surface area contributed by atoms with Gasteiger partial charge in [-0.15, -0.1) is 11.6 Å². The average Bonchev–Trinajstić information content (AvgIpc) is 1.86. The molecule has 0 aliphatic heterocycles. The van der Waals surface area contributed by atoms with Crippen molar-refractivity contribution in [1.82, 2.24) is 5.32 Å². The zero-order chi connectivity index (χ0) is 7.98. The minimum absolute atomic E-state index is 0.284. The molecule has 0 rings (SSSR count). The summed E-state index contributed by atoms with van der Waals surface area (Å²) in [6, 6.07) is 0.755. The van der Waals surface area contributed by atoms with Crippen molar-refractivity contribution in [3.05, 3.63) is 0 Å². The van der Waals surface area contributed by atoms with Crippen LogP contribution in [-0.2, 0) is 4.74 Å². The van der Waals surface area contributed by atoms with Crippen molar-refractivity contribution in [2.75, 3.05) is 19.6 Å². The van der Waals surface area contributed by atoms with Gasteiger partial charge < -0.3 is 10.1 Å². The molecular weight excluding hydrogens is 150 g/mol. The zero-order valence-corrected chi connectivity index (χ0v) is 7.61. The molecule has 1 unspecified atom stereocenters. The lowest BCUT2D eigenvalue weighted by Crippen LogP contribution is -2.39. The number of nitrogens with one attached hydrogen (secondary N) is 1. The molecule has 62 valence electrons. The van der Waals surface area contributed by atoms with Gasteiger partial charge in [-0.2, -0.15) is 0 Å². The Labute approximate surface area is 67.9 Å². The van der Waals surface area contributed by atoms with Gasteiger partial charge in [0.25, 0.3) is 0 Å². The van der Waals surface area contributed by atoms with Gasteiger partial charge in [0, 0.05) is 25.1 Å². The quantitative estimate of drug-likeness (QED) is 0.619. The SMILES string of the molecule is COCC(CCl)NC(C)C. The van der Waals surface area contributed by atoms with Gasteiger partial charge in [-0.1, -0.05) is 13.8 Å². The van der Waals surface area contributed by atoms with Crippen LogP contribution >= 0.6 is 11.6 Å². The highest BCUT2D eigenvalue weighted by Crippen LogP contribution is 1.91. The molecule has 0 aromatic heterocycles. The molecule has 0 aliphatic carbocycles. The van der Waals surface area contributed by atoms with Crippen molar-refractivity contribution >= 4 is 11.6 Å². The minimum atomic E-state index is 0.284. The summed E-state index contributed by atoms with van der Waals surface area (Å²) in [5, 5.41) is 3.27. The Balaban J connectivity index is 3.39. The number of ether oxygens (including phenoxy) is 1. The maximum atomic E-state index is 5.65. The Kier molecular flexibility index (Phi) is 6.08. The van der Waals surface area contributed by atoms with Crippen molar-refractivity contribution in [2.45, 2.75) is 25.9 Å². The van der Waals surface area contributed by atoms with Gasteiger partial charge in [0.15, 0.2) is 0 Å². The van der Waals surface area contributed by atoms with Crippen molar-refractivity contribution in [3.63, 3.8) is 0 Å². The molecule has 3 heteroatoms. The van der Waals surface area contributed by atoms with Gasteiger partial charge in [-0.25, -0.2) is 0 Å². The summed E-state index contributed by atoms with van der Waals surface area (Å²) in [6.07, 6.45) is 0. The number of hydrogen-bond donors (Lipinski definition) is 1. The molecule has 0 aromatic carbocycles. The molecule has 0 fully saturated rings. The van der Waals surface area contributed by atoms with E-state index in [0.29, 0.717) is 18.5 Å². The molecule has 0 aliphatic rings. The lowest BCUT2D eigenvalue weighted by atomic mass is 10.3. The Bertz CT molecular complexity index is 78.0. The first-order chi connectivity index (χ1) is 4.70. The second-order valence-electron chi connectivity index (χ2n) is 2.63. The summed E-state index contributed by atoms with van der Waals surface area (Å²) in [4.78, 5) is 0. The van der Waals surface area contributed by atoms with Crippen LogP contribution in [0.15, 0.2) is 0 Å². The smallest absolute Gasteiger partial charge is 0.0627 e.